The number of allylic oxidation sites excluding steroid dienone is 2. The van der Waals surface area contributed by atoms with E-state index in [4.69, 9.17) is 9.26 Å². The summed E-state index contributed by atoms with van der Waals surface area (Å²) in [6, 6.07) is 7.03. The second-order valence-electron chi connectivity index (χ2n) is 9.76. The minimum absolute atomic E-state index is 0.0988. The summed E-state index contributed by atoms with van der Waals surface area (Å²) in [6.07, 6.45) is 21.2. The number of amides is 1. The van der Waals surface area contributed by atoms with Gasteiger partial charge in [0.15, 0.2) is 0 Å². The Kier molecular flexibility index (Phi) is 19.4. The Morgan fingerprint density at radius 2 is 1.43 bits per heavy atom. The Balaban J connectivity index is 2.21. The van der Waals surface area contributed by atoms with E-state index in [-0.39, 0.29) is 12.5 Å². The molecular weight excluding hydrogens is 489 g/mol. The summed E-state index contributed by atoms with van der Waals surface area (Å²) < 4.78 is 10.3. The fourth-order valence-electron chi connectivity index (χ4n) is 4.19. The molecule has 0 saturated heterocycles. The molecule has 0 bridgehead atoms. The number of benzene rings is 1. The van der Waals surface area contributed by atoms with Crippen LogP contribution < -0.4 is 10.1 Å². The summed E-state index contributed by atoms with van der Waals surface area (Å²) in [5.74, 6) is 0.665. The van der Waals surface area contributed by atoms with Crippen molar-refractivity contribution >= 4 is 14.1 Å². The molecule has 1 rings (SSSR count). The number of unbranched alkanes of at least 4 members (excludes halogenated alkanes) is 11. The summed E-state index contributed by atoms with van der Waals surface area (Å²) in [5, 5.41) is 2.91. The topological polar surface area (TPSA) is 108 Å². The van der Waals surface area contributed by atoms with Gasteiger partial charge in [0.2, 0.25) is 0 Å². The summed E-state index contributed by atoms with van der Waals surface area (Å²) in [4.78, 5) is 40.1. The zero-order valence-electron chi connectivity index (χ0n) is 23.1. The summed E-state index contributed by atoms with van der Waals surface area (Å²) in [6.45, 7) is 4.57. The number of hydrogen-bond acceptors (Lipinski definition) is 6. The second kappa shape index (κ2) is 21.4. The van der Waals surface area contributed by atoms with Crippen molar-refractivity contribution in [3.63, 3.8) is 0 Å². The predicted molar refractivity (Wildman–Crippen MR) is 154 cm³/mol. The van der Waals surface area contributed by atoms with E-state index >= 15 is 0 Å². The van der Waals surface area contributed by atoms with E-state index in [1.807, 2.05) is 31.2 Å². The van der Waals surface area contributed by atoms with Crippen LogP contribution in [0.2, 0.25) is 0 Å². The molecule has 0 radical (unpaired) electrons. The Hall–Kier alpha value is -1.50. The number of rotatable bonds is 23. The van der Waals surface area contributed by atoms with Crippen molar-refractivity contribution < 1.29 is 28.7 Å². The molecule has 0 saturated carbocycles. The molecule has 1 amide bonds. The monoisotopic (exact) mass is 541 g/mol. The van der Waals surface area contributed by atoms with Crippen LogP contribution in [0, 0.1) is 0 Å². The first-order chi connectivity index (χ1) is 17.8. The Labute approximate surface area is 225 Å². The molecule has 7 nitrogen and oxygen atoms in total. The average molecular weight is 542 g/mol. The maximum absolute atomic E-state index is 12.5. The van der Waals surface area contributed by atoms with Gasteiger partial charge in [-0.15, -0.1) is 0 Å². The van der Waals surface area contributed by atoms with Crippen LogP contribution in [-0.4, -0.2) is 39.8 Å². The quantitative estimate of drug-likeness (QED) is 0.0710. The summed E-state index contributed by atoms with van der Waals surface area (Å²) in [7, 11) is -4.65. The number of ether oxygens (including phenoxy) is 1. The van der Waals surface area contributed by atoms with Crippen LogP contribution in [0.3, 0.4) is 0 Å². The van der Waals surface area contributed by atoms with Crippen molar-refractivity contribution in [1.29, 1.82) is 0 Å². The van der Waals surface area contributed by atoms with Crippen molar-refractivity contribution in [2.45, 2.75) is 116 Å². The molecule has 1 aromatic carbocycles. The van der Waals surface area contributed by atoms with Crippen LogP contribution in [0.5, 0.6) is 5.75 Å². The van der Waals surface area contributed by atoms with Gasteiger partial charge in [-0.2, -0.15) is 0 Å². The normalized spacial score (nSPS) is 13.1. The van der Waals surface area contributed by atoms with E-state index in [1.165, 1.54) is 57.8 Å². The van der Waals surface area contributed by atoms with Gasteiger partial charge in [-0.05, 0) is 12.8 Å². The van der Waals surface area contributed by atoms with Crippen molar-refractivity contribution in [2.75, 3.05) is 13.2 Å². The molecule has 0 unspecified atom stereocenters. The van der Waals surface area contributed by atoms with Crippen LogP contribution in [0.1, 0.15) is 109 Å². The first-order valence-corrected chi connectivity index (χ1v) is 16.1. The van der Waals surface area contributed by atoms with E-state index in [2.05, 4.69) is 24.4 Å². The molecule has 4 N–H and O–H groups in total. The van der Waals surface area contributed by atoms with E-state index in [1.54, 1.807) is 0 Å². The Morgan fingerprint density at radius 3 is 2.00 bits per heavy atom. The van der Waals surface area contributed by atoms with Crippen molar-refractivity contribution in [2.24, 2.45) is 0 Å². The van der Waals surface area contributed by atoms with E-state index < -0.39 is 14.2 Å². The van der Waals surface area contributed by atoms with Gasteiger partial charge >= 0.3 is 161 Å². The van der Waals surface area contributed by atoms with Gasteiger partial charge in [0.05, 0.1) is 0 Å². The molecular formula is C29H52NO6P. The third-order valence-corrected chi connectivity index (χ3v) is 6.78. The van der Waals surface area contributed by atoms with Crippen LogP contribution >= 0.6 is 8.17 Å². The van der Waals surface area contributed by atoms with Crippen molar-refractivity contribution in [3.05, 3.63) is 42.0 Å². The molecule has 0 heterocycles. The van der Waals surface area contributed by atoms with Gasteiger partial charge in [0.25, 0.3) is 0 Å². The minimum atomic E-state index is -4.65. The first kappa shape index (κ1) is 33.5. The molecule has 214 valence electrons. The fraction of sp³-hybridized carbons (Fsp3) is 0.690. The molecule has 0 aromatic heterocycles. The van der Waals surface area contributed by atoms with Gasteiger partial charge in [-0.1, -0.05) is 51.2 Å². The molecule has 1 aromatic rings. The van der Waals surface area contributed by atoms with E-state index in [9.17, 15) is 19.5 Å². The van der Waals surface area contributed by atoms with Gasteiger partial charge in [-0.25, -0.2) is 0 Å². The maximum atomic E-state index is 12.5. The van der Waals surface area contributed by atoms with Crippen molar-refractivity contribution in [1.82, 2.24) is 5.32 Å². The predicted octanol–water partition coefficient (Wildman–Crippen LogP) is 6.55. The fourth-order valence-corrected chi connectivity index (χ4v) is 4.62. The third-order valence-electron chi connectivity index (χ3n) is 6.23. The number of hydrogen-bond donors (Lipinski definition) is 4. The van der Waals surface area contributed by atoms with Crippen LogP contribution in [0.15, 0.2) is 36.4 Å². The molecule has 8 heteroatoms. The molecule has 37 heavy (non-hydrogen) atoms. The van der Waals surface area contributed by atoms with Gasteiger partial charge in [0, 0.05) is 0 Å². The van der Waals surface area contributed by atoms with E-state index in [0.29, 0.717) is 19.4 Å². The SMILES string of the molecule is CCCCCCCC/C=C\CCCCCCCC(=O)N[C@@H](CO[PH](O)(O)O)Cc1ccc(OCC)cc1. The zero-order chi connectivity index (χ0) is 27.2. The molecule has 0 spiro atoms. The van der Waals surface area contributed by atoms with Gasteiger partial charge in [-0.3, -0.25) is 0 Å². The zero-order valence-corrected chi connectivity index (χ0v) is 24.1. The van der Waals surface area contributed by atoms with Gasteiger partial charge < -0.3 is 0 Å². The van der Waals surface area contributed by atoms with Crippen LogP contribution in [-0.2, 0) is 15.7 Å². The number of carbonyl (C=O) groups is 1. The molecule has 0 aliphatic heterocycles. The van der Waals surface area contributed by atoms with Crippen LogP contribution in [0.25, 0.3) is 0 Å². The standard InChI is InChI=1S/C29H52NO6P/c1-3-5-6-7-8-9-10-11-12-13-14-15-16-17-18-19-29(31)30-27(25-36-37(32,33)34)24-26-20-22-28(23-21-26)35-4-2/h11-12,20-23,27,32-34,37H,3-10,13-19,24-25H2,1-2H3,(H,30,31)/b12-11-/t27-/m1/s1. The Bertz CT molecular complexity index is 720. The summed E-state index contributed by atoms with van der Waals surface area (Å²) >= 11 is 0. The number of nitrogens with one attached hydrogen (secondary N) is 1. The molecule has 0 aliphatic rings. The Morgan fingerprint density at radius 1 is 0.865 bits per heavy atom. The average Bonchev–Trinajstić information content (AvgIpc) is 2.86. The molecule has 1 atom stereocenters. The first-order valence-electron chi connectivity index (χ1n) is 14.3. The van der Waals surface area contributed by atoms with Gasteiger partial charge in [0.1, 0.15) is 0 Å². The summed E-state index contributed by atoms with van der Waals surface area (Å²) in [5.41, 5.74) is 0.944. The molecule has 0 aliphatic carbocycles. The van der Waals surface area contributed by atoms with Crippen molar-refractivity contribution in [3.8, 4) is 5.75 Å². The number of carbonyl (C=O) groups excluding carboxylic acids is 1. The van der Waals surface area contributed by atoms with Crippen LogP contribution in [0.4, 0.5) is 0 Å². The third kappa shape index (κ3) is 20.2. The van der Waals surface area contributed by atoms with E-state index in [0.717, 1.165) is 37.0 Å². The second-order valence-corrected chi connectivity index (χ2v) is 11.2. The molecule has 0 fully saturated rings.